The number of hydrogen-bond acceptors (Lipinski definition) is 2. The number of aliphatic imine (C=N–C) groups is 1. The Balaban J connectivity index is 2.63. The van der Waals surface area contributed by atoms with Gasteiger partial charge in [-0.15, -0.1) is 0 Å². The number of hydrogen-bond donors (Lipinski definition) is 2. The van der Waals surface area contributed by atoms with E-state index in [4.69, 9.17) is 0 Å². The zero-order valence-corrected chi connectivity index (χ0v) is 11.8. The summed E-state index contributed by atoms with van der Waals surface area (Å²) in [6.07, 6.45) is 3.46. The van der Waals surface area contributed by atoms with Crippen LogP contribution in [0.2, 0.25) is 0 Å². The molecule has 0 saturated carbocycles. The molecule has 1 rings (SSSR count). The average Bonchev–Trinajstić information content (AvgIpc) is 2.40. The maximum Gasteiger partial charge on any atom is 0.226 e. The summed E-state index contributed by atoms with van der Waals surface area (Å²) in [6, 6.07) is 9.73. The molecule has 0 unspecified atom stereocenters. The van der Waals surface area contributed by atoms with Gasteiger partial charge in [-0.2, -0.15) is 0 Å². The van der Waals surface area contributed by atoms with E-state index in [2.05, 4.69) is 22.5 Å². The van der Waals surface area contributed by atoms with E-state index >= 15 is 0 Å². The van der Waals surface area contributed by atoms with Crippen LogP contribution < -0.4 is 10.6 Å². The lowest BCUT2D eigenvalue weighted by Gasteiger charge is -2.11. The van der Waals surface area contributed by atoms with Gasteiger partial charge >= 0.3 is 0 Å². The molecule has 1 aromatic rings. The number of guanidine groups is 1. The minimum atomic E-state index is 0.00109. The number of carbonyl (C=O) groups is 1. The van der Waals surface area contributed by atoms with Crippen LogP contribution >= 0.6 is 0 Å². The minimum absolute atomic E-state index is 0.00109. The van der Waals surface area contributed by atoms with E-state index in [1.165, 1.54) is 0 Å². The lowest BCUT2D eigenvalue weighted by atomic mass is 10.3. The first kappa shape index (κ1) is 15.2. The van der Waals surface area contributed by atoms with E-state index in [1.54, 1.807) is 0 Å². The topological polar surface area (TPSA) is 53.5 Å². The number of anilines is 1. The third-order valence-corrected chi connectivity index (χ3v) is 2.55. The van der Waals surface area contributed by atoms with Crippen molar-refractivity contribution in [1.29, 1.82) is 0 Å². The van der Waals surface area contributed by atoms with Crippen LogP contribution in [0.25, 0.3) is 0 Å². The lowest BCUT2D eigenvalue weighted by molar-refractivity contribution is -0.119. The van der Waals surface area contributed by atoms with Crippen molar-refractivity contribution in [3.05, 3.63) is 30.3 Å². The molecule has 0 atom stereocenters. The smallest absolute Gasteiger partial charge is 0.226 e. The summed E-state index contributed by atoms with van der Waals surface area (Å²) in [5.74, 6) is 0.541. The lowest BCUT2D eigenvalue weighted by Crippen LogP contribution is -2.36. The van der Waals surface area contributed by atoms with E-state index in [-0.39, 0.29) is 5.91 Å². The van der Waals surface area contributed by atoms with Gasteiger partial charge in [0.15, 0.2) is 0 Å². The molecule has 1 amide bonds. The third-order valence-electron chi connectivity index (χ3n) is 2.55. The van der Waals surface area contributed by atoms with Crippen molar-refractivity contribution < 1.29 is 4.79 Å². The highest BCUT2D eigenvalue weighted by molar-refractivity contribution is 6.04. The molecule has 0 spiro atoms. The summed E-state index contributed by atoms with van der Waals surface area (Å²) in [5.41, 5.74) is 0.926. The Morgan fingerprint density at radius 2 is 1.89 bits per heavy atom. The van der Waals surface area contributed by atoms with Crippen LogP contribution in [0.5, 0.6) is 0 Å². The van der Waals surface area contributed by atoms with E-state index in [1.807, 2.05) is 37.3 Å². The summed E-state index contributed by atoms with van der Waals surface area (Å²) in [5, 5.41) is 5.97. The fourth-order valence-electron chi connectivity index (χ4n) is 1.54. The van der Waals surface area contributed by atoms with Gasteiger partial charge in [-0.25, -0.2) is 0 Å². The fraction of sp³-hybridized carbons (Fsp3) is 0.467. The normalized spacial score (nSPS) is 11.2. The molecule has 0 saturated heterocycles. The number of amides is 1. The fourth-order valence-corrected chi connectivity index (χ4v) is 1.54. The molecule has 4 nitrogen and oxygen atoms in total. The van der Waals surface area contributed by atoms with E-state index in [9.17, 15) is 4.79 Å². The van der Waals surface area contributed by atoms with Gasteiger partial charge in [0.2, 0.25) is 11.9 Å². The van der Waals surface area contributed by atoms with Crippen LogP contribution in [0.3, 0.4) is 0 Å². The highest BCUT2D eigenvalue weighted by Gasteiger charge is 2.05. The van der Waals surface area contributed by atoms with Crippen molar-refractivity contribution in [3.63, 3.8) is 0 Å². The molecule has 0 aliphatic carbocycles. The monoisotopic (exact) mass is 261 g/mol. The average molecular weight is 261 g/mol. The molecule has 0 radical (unpaired) electrons. The number of carbonyl (C=O) groups excluding carboxylic acids is 1. The van der Waals surface area contributed by atoms with Gasteiger partial charge in [-0.1, -0.05) is 38.5 Å². The maximum atomic E-state index is 11.6. The van der Waals surface area contributed by atoms with Crippen LogP contribution in [-0.4, -0.2) is 18.4 Å². The van der Waals surface area contributed by atoms with Crippen LogP contribution in [0, 0.1) is 0 Å². The largest absolute Gasteiger partial charge is 0.326 e. The van der Waals surface area contributed by atoms with Crippen molar-refractivity contribution in [2.24, 2.45) is 4.99 Å². The van der Waals surface area contributed by atoms with E-state index < -0.39 is 0 Å². The molecule has 1 aromatic carbocycles. The molecule has 0 aromatic heterocycles. The molecular weight excluding hydrogens is 238 g/mol. The Morgan fingerprint density at radius 1 is 1.16 bits per heavy atom. The third kappa shape index (κ3) is 6.60. The molecule has 0 aliphatic rings. The molecule has 0 aliphatic heterocycles. The maximum absolute atomic E-state index is 11.6. The van der Waals surface area contributed by atoms with Crippen LogP contribution in [0.1, 0.15) is 39.5 Å². The SMILES string of the molecule is CCCCN=C(NC(=O)CCC)Nc1ccccc1. The number of rotatable bonds is 6. The number of para-hydroxylation sites is 1. The van der Waals surface area contributed by atoms with E-state index in [0.29, 0.717) is 12.4 Å². The second-order valence-electron chi connectivity index (χ2n) is 4.37. The highest BCUT2D eigenvalue weighted by atomic mass is 16.1. The van der Waals surface area contributed by atoms with Gasteiger partial charge in [0, 0.05) is 18.7 Å². The van der Waals surface area contributed by atoms with Crippen molar-refractivity contribution in [2.75, 3.05) is 11.9 Å². The second kappa shape index (κ2) is 9.14. The van der Waals surface area contributed by atoms with Crippen molar-refractivity contribution in [2.45, 2.75) is 39.5 Å². The molecule has 0 bridgehead atoms. The second-order valence-corrected chi connectivity index (χ2v) is 4.37. The Morgan fingerprint density at radius 3 is 2.53 bits per heavy atom. The Kier molecular flexibility index (Phi) is 7.32. The van der Waals surface area contributed by atoms with Crippen molar-refractivity contribution in [3.8, 4) is 0 Å². The molecule has 0 fully saturated rings. The molecule has 2 N–H and O–H groups in total. The summed E-state index contributed by atoms with van der Waals surface area (Å²) in [6.45, 7) is 4.83. The van der Waals surface area contributed by atoms with Crippen LogP contribution in [-0.2, 0) is 4.79 Å². The minimum Gasteiger partial charge on any atom is -0.326 e. The number of nitrogens with zero attached hydrogens (tertiary/aromatic N) is 1. The van der Waals surface area contributed by atoms with Crippen molar-refractivity contribution >= 4 is 17.6 Å². The van der Waals surface area contributed by atoms with E-state index in [0.717, 1.165) is 31.5 Å². The molecule has 19 heavy (non-hydrogen) atoms. The van der Waals surface area contributed by atoms with Gasteiger partial charge < -0.3 is 5.32 Å². The molecular formula is C15H23N3O. The predicted molar refractivity (Wildman–Crippen MR) is 80.3 cm³/mol. The first-order chi connectivity index (χ1) is 9.26. The van der Waals surface area contributed by atoms with Gasteiger partial charge in [0.05, 0.1) is 0 Å². The zero-order valence-electron chi connectivity index (χ0n) is 11.8. The van der Waals surface area contributed by atoms with Gasteiger partial charge in [0.1, 0.15) is 0 Å². The summed E-state index contributed by atoms with van der Waals surface area (Å²) >= 11 is 0. The molecule has 0 heterocycles. The van der Waals surface area contributed by atoms with Gasteiger partial charge in [0.25, 0.3) is 0 Å². The van der Waals surface area contributed by atoms with Gasteiger partial charge in [-0.3, -0.25) is 15.1 Å². The Bertz CT molecular complexity index is 401. The zero-order chi connectivity index (χ0) is 13.9. The number of benzene rings is 1. The number of unbranched alkanes of at least 4 members (excludes halogenated alkanes) is 1. The molecule has 104 valence electrons. The molecule has 4 heteroatoms. The number of nitrogens with one attached hydrogen (secondary N) is 2. The summed E-state index contributed by atoms with van der Waals surface area (Å²) < 4.78 is 0. The van der Waals surface area contributed by atoms with Gasteiger partial charge in [-0.05, 0) is 25.0 Å². The quantitative estimate of drug-likeness (QED) is 0.469. The van der Waals surface area contributed by atoms with Crippen LogP contribution in [0.15, 0.2) is 35.3 Å². The first-order valence-corrected chi connectivity index (χ1v) is 6.92. The first-order valence-electron chi connectivity index (χ1n) is 6.92. The summed E-state index contributed by atoms with van der Waals surface area (Å²) in [7, 11) is 0. The van der Waals surface area contributed by atoms with Crippen molar-refractivity contribution in [1.82, 2.24) is 5.32 Å². The van der Waals surface area contributed by atoms with Crippen LogP contribution in [0.4, 0.5) is 5.69 Å². The predicted octanol–water partition coefficient (Wildman–Crippen LogP) is 3.17. The standard InChI is InChI=1S/C15H23N3O/c1-3-5-12-16-15(18-14(19)9-4-2)17-13-10-7-6-8-11-13/h6-8,10-11H,3-5,9,12H2,1-2H3,(H2,16,17,18,19). The Hall–Kier alpha value is -1.84. The Labute approximate surface area is 115 Å². The summed E-state index contributed by atoms with van der Waals surface area (Å²) in [4.78, 5) is 16.0. The highest BCUT2D eigenvalue weighted by Crippen LogP contribution is 2.04.